The van der Waals surface area contributed by atoms with Gasteiger partial charge >= 0.3 is 0 Å². The van der Waals surface area contributed by atoms with Crippen LogP contribution in [0, 0.1) is 6.92 Å². The van der Waals surface area contributed by atoms with Crippen molar-refractivity contribution in [2.45, 2.75) is 30.5 Å². The van der Waals surface area contributed by atoms with Crippen LogP contribution in [0.4, 0.5) is 0 Å². The van der Waals surface area contributed by atoms with Gasteiger partial charge < -0.3 is 4.74 Å². The quantitative estimate of drug-likeness (QED) is 0.811. The highest BCUT2D eigenvalue weighted by Gasteiger charge is 2.27. The maximum Gasteiger partial charge on any atom is 0.254 e. The Hall–Kier alpha value is -1.44. The fraction of sp³-hybridized carbons (Fsp3) is 0.400. The van der Waals surface area contributed by atoms with Gasteiger partial charge in [0.25, 0.3) is 10.0 Å². The molecule has 0 N–H and O–H groups in total. The van der Waals surface area contributed by atoms with Crippen LogP contribution in [0.2, 0.25) is 0 Å². The van der Waals surface area contributed by atoms with Crippen LogP contribution < -0.4 is 4.74 Å². The Bertz CT molecular complexity index is 724. The van der Waals surface area contributed by atoms with E-state index < -0.39 is 10.0 Å². The van der Waals surface area contributed by atoms with Gasteiger partial charge in [-0.1, -0.05) is 12.1 Å². The van der Waals surface area contributed by atoms with E-state index in [-0.39, 0.29) is 10.3 Å². The number of nitrogens with zero attached hydrogens (tertiary/aromatic N) is 2. The highest BCUT2D eigenvalue weighted by atomic mass is 32.2. The smallest absolute Gasteiger partial charge is 0.254 e. The van der Waals surface area contributed by atoms with Crippen molar-refractivity contribution >= 4 is 21.4 Å². The van der Waals surface area contributed by atoms with Gasteiger partial charge in [-0.2, -0.15) is 4.31 Å². The number of aryl methyl sites for hydroxylation is 1. The third-order valence-electron chi connectivity index (χ3n) is 3.54. The Morgan fingerprint density at radius 2 is 1.95 bits per heavy atom. The summed E-state index contributed by atoms with van der Waals surface area (Å²) in [6.45, 7) is 3.69. The maximum absolute atomic E-state index is 12.6. The van der Waals surface area contributed by atoms with Gasteiger partial charge in [-0.3, -0.25) is 0 Å². The predicted molar refractivity (Wildman–Crippen MR) is 88.0 cm³/mol. The number of hydrogen-bond donors (Lipinski definition) is 0. The molecule has 0 aliphatic heterocycles. The molecular weight excluding hydrogens is 320 g/mol. The zero-order valence-electron chi connectivity index (χ0n) is 13.1. The van der Waals surface area contributed by atoms with Gasteiger partial charge in [0, 0.05) is 13.1 Å². The molecule has 1 heterocycles. The van der Waals surface area contributed by atoms with E-state index in [0.717, 1.165) is 16.3 Å². The Balaban J connectivity index is 2.12. The first-order valence-corrected chi connectivity index (χ1v) is 9.13. The highest BCUT2D eigenvalue weighted by molar-refractivity contribution is 7.91. The summed E-state index contributed by atoms with van der Waals surface area (Å²) in [5.41, 5.74) is 1.07. The molecular formula is C15H20N2O3S2. The number of aromatic nitrogens is 1. The zero-order chi connectivity index (χ0) is 16.3. The normalized spacial score (nSPS) is 13.3. The van der Waals surface area contributed by atoms with Gasteiger partial charge in [0.05, 0.1) is 18.3 Å². The highest BCUT2D eigenvalue weighted by Crippen LogP contribution is 2.24. The minimum atomic E-state index is -3.49. The lowest BCUT2D eigenvalue weighted by atomic mass is 10.1. The summed E-state index contributed by atoms with van der Waals surface area (Å²) < 4.78 is 31.9. The molecule has 22 heavy (non-hydrogen) atoms. The Labute approximate surface area is 135 Å². The van der Waals surface area contributed by atoms with Crippen LogP contribution in [0.15, 0.2) is 34.7 Å². The molecule has 120 valence electrons. The van der Waals surface area contributed by atoms with Crippen molar-refractivity contribution in [3.63, 3.8) is 0 Å². The number of benzene rings is 1. The standard InChI is InChI=1S/C15H20N2O3S2/c1-11(9-13-5-7-14(20-4)8-6-13)17(3)22(18,19)15-10-16-12(2)21-15/h5-8,10-11H,9H2,1-4H3/t11-/m1/s1. The van der Waals surface area contributed by atoms with Crippen LogP contribution in [0.3, 0.4) is 0 Å². The van der Waals surface area contributed by atoms with E-state index in [4.69, 9.17) is 4.74 Å². The molecule has 7 heteroatoms. The van der Waals surface area contributed by atoms with E-state index >= 15 is 0 Å². The molecule has 0 aliphatic rings. The molecule has 5 nitrogen and oxygen atoms in total. The number of ether oxygens (including phenoxy) is 1. The number of likely N-dealkylation sites (N-methyl/N-ethyl adjacent to an activating group) is 1. The molecule has 0 radical (unpaired) electrons. The second-order valence-electron chi connectivity index (χ2n) is 5.12. The van der Waals surface area contributed by atoms with Crippen molar-refractivity contribution in [2.75, 3.05) is 14.2 Å². The van der Waals surface area contributed by atoms with Gasteiger partial charge in [0.1, 0.15) is 5.75 Å². The third kappa shape index (κ3) is 3.66. The summed E-state index contributed by atoms with van der Waals surface area (Å²) in [5, 5.41) is 0.745. The molecule has 2 aromatic rings. The van der Waals surface area contributed by atoms with Gasteiger partial charge in [0.15, 0.2) is 4.21 Å². The van der Waals surface area contributed by atoms with Gasteiger partial charge in [-0.25, -0.2) is 13.4 Å². The third-order valence-corrected chi connectivity index (χ3v) is 6.87. The molecule has 0 bridgehead atoms. The van der Waals surface area contributed by atoms with Crippen molar-refractivity contribution in [1.82, 2.24) is 9.29 Å². The lowest BCUT2D eigenvalue weighted by Gasteiger charge is -2.23. The summed E-state index contributed by atoms with van der Waals surface area (Å²) in [5.74, 6) is 0.789. The van der Waals surface area contributed by atoms with Gasteiger partial charge in [0.2, 0.25) is 0 Å². The molecule has 0 saturated heterocycles. The van der Waals surface area contributed by atoms with Crippen molar-refractivity contribution in [1.29, 1.82) is 0 Å². The molecule has 0 saturated carbocycles. The fourth-order valence-electron chi connectivity index (χ4n) is 2.07. The second-order valence-corrected chi connectivity index (χ2v) is 8.58. The van der Waals surface area contributed by atoms with Crippen LogP contribution in [0.5, 0.6) is 5.75 Å². The van der Waals surface area contributed by atoms with E-state index in [9.17, 15) is 8.42 Å². The molecule has 0 amide bonds. The molecule has 1 aromatic carbocycles. The monoisotopic (exact) mass is 340 g/mol. The first-order chi connectivity index (χ1) is 10.3. The van der Waals surface area contributed by atoms with E-state index in [1.54, 1.807) is 21.1 Å². The SMILES string of the molecule is COc1ccc(C[C@@H](C)N(C)S(=O)(=O)c2cnc(C)s2)cc1. The lowest BCUT2D eigenvalue weighted by Crippen LogP contribution is -2.36. The molecule has 2 rings (SSSR count). The number of rotatable bonds is 6. The number of sulfonamides is 1. The molecule has 0 spiro atoms. The van der Waals surface area contributed by atoms with Crippen molar-refractivity contribution in [2.24, 2.45) is 0 Å². The number of thiazole rings is 1. The zero-order valence-corrected chi connectivity index (χ0v) is 14.7. The van der Waals surface area contributed by atoms with E-state index in [0.29, 0.717) is 6.42 Å². The van der Waals surface area contributed by atoms with Gasteiger partial charge in [-0.05, 0) is 38.0 Å². The topological polar surface area (TPSA) is 59.5 Å². The Kier molecular flexibility index (Phi) is 5.20. The maximum atomic E-state index is 12.6. The minimum absolute atomic E-state index is 0.152. The molecule has 0 fully saturated rings. The summed E-state index contributed by atoms with van der Waals surface area (Å²) in [6.07, 6.45) is 2.06. The van der Waals surface area contributed by atoms with E-state index in [1.807, 2.05) is 31.2 Å². The van der Waals surface area contributed by atoms with Crippen LogP contribution in [-0.2, 0) is 16.4 Å². The van der Waals surface area contributed by atoms with Crippen molar-refractivity contribution in [3.8, 4) is 5.75 Å². The Morgan fingerprint density at radius 3 is 2.45 bits per heavy atom. The Morgan fingerprint density at radius 1 is 1.32 bits per heavy atom. The lowest BCUT2D eigenvalue weighted by molar-refractivity contribution is 0.387. The molecule has 0 unspecified atom stereocenters. The minimum Gasteiger partial charge on any atom is -0.497 e. The molecule has 0 aliphatic carbocycles. The summed E-state index contributed by atoms with van der Waals surface area (Å²) in [4.78, 5) is 4.03. The molecule has 1 aromatic heterocycles. The average Bonchev–Trinajstić information content (AvgIpc) is 2.94. The number of methoxy groups -OCH3 is 1. The van der Waals surface area contributed by atoms with Gasteiger partial charge in [-0.15, -0.1) is 11.3 Å². The summed E-state index contributed by atoms with van der Waals surface area (Å²) in [7, 11) is -0.256. The van der Waals surface area contributed by atoms with Crippen molar-refractivity contribution in [3.05, 3.63) is 41.0 Å². The number of hydrogen-bond acceptors (Lipinski definition) is 5. The second kappa shape index (κ2) is 6.76. The first kappa shape index (κ1) is 16.9. The van der Waals surface area contributed by atoms with Crippen molar-refractivity contribution < 1.29 is 13.2 Å². The predicted octanol–water partition coefficient (Wildman–Crippen LogP) is 2.71. The van der Waals surface area contributed by atoms with Crippen LogP contribution in [0.1, 0.15) is 17.5 Å². The fourth-order valence-corrected chi connectivity index (χ4v) is 4.73. The summed E-state index contributed by atoms with van der Waals surface area (Å²) in [6, 6.07) is 7.51. The average molecular weight is 340 g/mol. The van der Waals surface area contributed by atoms with Crippen LogP contribution in [0.25, 0.3) is 0 Å². The van der Waals surface area contributed by atoms with Crippen LogP contribution in [-0.4, -0.2) is 37.9 Å². The largest absolute Gasteiger partial charge is 0.497 e. The van der Waals surface area contributed by atoms with E-state index in [2.05, 4.69) is 4.98 Å². The molecule has 1 atom stereocenters. The van der Waals surface area contributed by atoms with E-state index in [1.165, 1.54) is 21.8 Å². The summed E-state index contributed by atoms with van der Waals surface area (Å²) >= 11 is 1.19. The first-order valence-electron chi connectivity index (χ1n) is 6.88. The van der Waals surface area contributed by atoms with Crippen LogP contribution >= 0.6 is 11.3 Å².